The van der Waals surface area contributed by atoms with Gasteiger partial charge in [0.1, 0.15) is 4.90 Å². The summed E-state index contributed by atoms with van der Waals surface area (Å²) in [6.07, 6.45) is 3.67. The monoisotopic (exact) mass is 346 g/mol. The number of nitrogens with zero attached hydrogens (tertiary/aromatic N) is 2. The summed E-state index contributed by atoms with van der Waals surface area (Å²) in [5.74, 6) is 0. The Morgan fingerprint density at radius 2 is 2.12 bits per heavy atom. The van der Waals surface area contributed by atoms with Crippen molar-refractivity contribution >= 4 is 15.7 Å². The van der Waals surface area contributed by atoms with Gasteiger partial charge in [0.2, 0.25) is 10.0 Å². The lowest BCUT2D eigenvalue weighted by atomic mass is 10.2. The molecule has 0 aliphatic heterocycles. The van der Waals surface area contributed by atoms with Crippen LogP contribution in [0.3, 0.4) is 0 Å². The van der Waals surface area contributed by atoms with E-state index in [-0.39, 0.29) is 18.0 Å². The van der Waals surface area contributed by atoms with Gasteiger partial charge < -0.3 is 10.4 Å². The second-order valence-corrected chi connectivity index (χ2v) is 6.75. The average Bonchev–Trinajstić information content (AvgIpc) is 2.61. The lowest BCUT2D eigenvalue weighted by Crippen LogP contribution is -2.24. The molecule has 0 bridgehead atoms. The molecule has 126 valence electrons. The van der Waals surface area contributed by atoms with Crippen LogP contribution in [0.15, 0.2) is 47.6 Å². The van der Waals surface area contributed by atoms with E-state index in [1.165, 1.54) is 18.2 Å². The molecule has 0 fully saturated rings. The summed E-state index contributed by atoms with van der Waals surface area (Å²) >= 11 is 0. The van der Waals surface area contributed by atoms with Crippen LogP contribution < -0.4 is 10.0 Å². The van der Waals surface area contributed by atoms with Crippen molar-refractivity contribution in [1.82, 2.24) is 9.71 Å². The fourth-order valence-corrected chi connectivity index (χ4v) is 3.21. The molecular formula is C16H18N4O3S. The number of aliphatic hydroxyl groups is 1. The summed E-state index contributed by atoms with van der Waals surface area (Å²) in [5.41, 5.74) is 1.43. The van der Waals surface area contributed by atoms with Crippen LogP contribution in [-0.2, 0) is 16.6 Å². The maximum atomic E-state index is 12.6. The van der Waals surface area contributed by atoms with Gasteiger partial charge in [0.05, 0.1) is 17.3 Å². The van der Waals surface area contributed by atoms with Gasteiger partial charge in [-0.2, -0.15) is 5.26 Å². The van der Waals surface area contributed by atoms with Gasteiger partial charge in [-0.25, -0.2) is 13.1 Å². The van der Waals surface area contributed by atoms with E-state index in [0.717, 1.165) is 5.56 Å². The summed E-state index contributed by atoms with van der Waals surface area (Å²) in [6.45, 7) is 0.509. The van der Waals surface area contributed by atoms with Crippen LogP contribution in [0.25, 0.3) is 0 Å². The summed E-state index contributed by atoms with van der Waals surface area (Å²) < 4.78 is 27.6. The minimum atomic E-state index is -3.76. The summed E-state index contributed by atoms with van der Waals surface area (Å²) in [6, 6.07) is 9.81. The van der Waals surface area contributed by atoms with E-state index >= 15 is 0 Å². The number of hydrogen-bond acceptors (Lipinski definition) is 6. The fourth-order valence-electron chi connectivity index (χ4n) is 2.03. The van der Waals surface area contributed by atoms with E-state index in [9.17, 15) is 8.42 Å². The van der Waals surface area contributed by atoms with Crippen molar-refractivity contribution < 1.29 is 13.5 Å². The van der Waals surface area contributed by atoms with Crippen molar-refractivity contribution in [2.24, 2.45) is 0 Å². The zero-order valence-electron chi connectivity index (χ0n) is 12.9. The van der Waals surface area contributed by atoms with Crippen LogP contribution in [0.4, 0.5) is 5.69 Å². The molecular weight excluding hydrogens is 328 g/mol. The Morgan fingerprint density at radius 3 is 2.79 bits per heavy atom. The minimum absolute atomic E-state index is 0.00766. The van der Waals surface area contributed by atoms with Crippen LogP contribution in [0.5, 0.6) is 0 Å². The third-order valence-electron chi connectivity index (χ3n) is 3.24. The summed E-state index contributed by atoms with van der Waals surface area (Å²) in [7, 11) is -3.76. The highest BCUT2D eigenvalue weighted by Crippen LogP contribution is 2.23. The lowest BCUT2D eigenvalue weighted by Gasteiger charge is -2.13. The molecule has 0 unspecified atom stereocenters. The van der Waals surface area contributed by atoms with Crippen molar-refractivity contribution in [2.45, 2.75) is 17.9 Å². The van der Waals surface area contributed by atoms with Crippen molar-refractivity contribution in [3.8, 4) is 6.07 Å². The number of pyridine rings is 1. The van der Waals surface area contributed by atoms with Gasteiger partial charge in [0.25, 0.3) is 0 Å². The predicted molar refractivity (Wildman–Crippen MR) is 89.6 cm³/mol. The quantitative estimate of drug-likeness (QED) is 0.619. The standard InChI is InChI=1S/C16H18N4O3S/c17-10-13-4-5-16(15(9-13)19-7-2-8-21)24(22,23)20-12-14-3-1-6-18-11-14/h1,3-6,9,11,19-21H,2,7-8,12H2. The second kappa shape index (κ2) is 8.40. The van der Waals surface area contributed by atoms with E-state index in [0.29, 0.717) is 24.2 Å². The van der Waals surface area contributed by atoms with Crippen molar-refractivity contribution in [2.75, 3.05) is 18.5 Å². The molecule has 3 N–H and O–H groups in total. The molecule has 0 amide bonds. The minimum Gasteiger partial charge on any atom is -0.396 e. The predicted octanol–water partition coefficient (Wildman–Crippen LogP) is 1.23. The molecule has 0 atom stereocenters. The number of anilines is 1. The summed E-state index contributed by atoms with van der Waals surface area (Å²) in [4.78, 5) is 4.00. The largest absolute Gasteiger partial charge is 0.396 e. The van der Waals surface area contributed by atoms with Gasteiger partial charge in [-0.1, -0.05) is 6.07 Å². The first kappa shape index (κ1) is 17.9. The third kappa shape index (κ3) is 4.76. The molecule has 7 nitrogen and oxygen atoms in total. The lowest BCUT2D eigenvalue weighted by molar-refractivity contribution is 0.292. The molecule has 0 radical (unpaired) electrons. The van der Waals surface area contributed by atoms with Crippen molar-refractivity contribution in [3.63, 3.8) is 0 Å². The topological polar surface area (TPSA) is 115 Å². The van der Waals surface area contributed by atoms with Crippen LogP contribution in [-0.4, -0.2) is 31.7 Å². The average molecular weight is 346 g/mol. The van der Waals surface area contributed by atoms with Gasteiger partial charge in [-0.05, 0) is 36.2 Å². The molecule has 1 heterocycles. The van der Waals surface area contributed by atoms with E-state index in [1.807, 2.05) is 6.07 Å². The Morgan fingerprint density at radius 1 is 1.29 bits per heavy atom. The van der Waals surface area contributed by atoms with E-state index in [2.05, 4.69) is 15.0 Å². The Kier molecular flexibility index (Phi) is 6.26. The molecule has 0 saturated carbocycles. The molecule has 0 aliphatic rings. The molecule has 2 aromatic rings. The van der Waals surface area contributed by atoms with Crippen LogP contribution in [0.2, 0.25) is 0 Å². The van der Waals surface area contributed by atoms with Gasteiger partial charge in [-0.3, -0.25) is 4.98 Å². The number of nitrogens with one attached hydrogen (secondary N) is 2. The smallest absolute Gasteiger partial charge is 0.242 e. The Bertz CT molecular complexity index is 817. The number of sulfonamides is 1. The molecule has 8 heteroatoms. The first-order valence-corrected chi connectivity index (χ1v) is 8.82. The maximum absolute atomic E-state index is 12.6. The highest BCUT2D eigenvalue weighted by atomic mass is 32.2. The number of hydrogen-bond donors (Lipinski definition) is 3. The molecule has 0 spiro atoms. The van der Waals surface area contributed by atoms with E-state index in [1.54, 1.807) is 24.5 Å². The highest BCUT2D eigenvalue weighted by Gasteiger charge is 2.19. The van der Waals surface area contributed by atoms with E-state index < -0.39 is 10.0 Å². The zero-order chi connectivity index (χ0) is 17.4. The number of aromatic nitrogens is 1. The van der Waals surface area contributed by atoms with Crippen LogP contribution >= 0.6 is 0 Å². The molecule has 0 aliphatic carbocycles. The van der Waals surface area contributed by atoms with Crippen molar-refractivity contribution in [3.05, 3.63) is 53.9 Å². The highest BCUT2D eigenvalue weighted by molar-refractivity contribution is 7.89. The SMILES string of the molecule is N#Cc1ccc(S(=O)(=O)NCc2cccnc2)c(NCCCO)c1. The van der Waals surface area contributed by atoms with Gasteiger partial charge in [0.15, 0.2) is 0 Å². The molecule has 1 aromatic heterocycles. The Labute approximate surface area is 141 Å². The number of benzene rings is 1. The summed E-state index contributed by atoms with van der Waals surface area (Å²) in [5, 5.41) is 20.8. The fraction of sp³-hybridized carbons (Fsp3) is 0.250. The number of nitriles is 1. The number of rotatable bonds is 8. The molecule has 24 heavy (non-hydrogen) atoms. The van der Waals surface area contributed by atoms with Crippen LogP contribution in [0, 0.1) is 11.3 Å². The molecule has 2 rings (SSSR count). The zero-order valence-corrected chi connectivity index (χ0v) is 13.8. The Balaban J connectivity index is 2.22. The normalized spacial score (nSPS) is 11.0. The first-order valence-electron chi connectivity index (χ1n) is 7.34. The van der Waals surface area contributed by atoms with Crippen LogP contribution in [0.1, 0.15) is 17.5 Å². The van der Waals surface area contributed by atoms with Gasteiger partial charge in [-0.15, -0.1) is 0 Å². The van der Waals surface area contributed by atoms with E-state index in [4.69, 9.17) is 10.4 Å². The Hall–Kier alpha value is -2.47. The first-order chi connectivity index (χ1) is 11.6. The molecule has 0 saturated heterocycles. The molecule has 1 aromatic carbocycles. The maximum Gasteiger partial charge on any atom is 0.242 e. The van der Waals surface area contributed by atoms with Gasteiger partial charge >= 0.3 is 0 Å². The third-order valence-corrected chi connectivity index (χ3v) is 4.70. The van der Waals surface area contributed by atoms with Gasteiger partial charge in [0, 0.05) is 32.1 Å². The number of aliphatic hydroxyl groups excluding tert-OH is 1. The van der Waals surface area contributed by atoms with Crippen molar-refractivity contribution in [1.29, 1.82) is 5.26 Å². The second-order valence-electron chi connectivity index (χ2n) is 5.01.